The van der Waals surface area contributed by atoms with Gasteiger partial charge in [0, 0.05) is 19.5 Å². The molecule has 0 aliphatic rings. The summed E-state index contributed by atoms with van der Waals surface area (Å²) in [6, 6.07) is 16.3. The van der Waals surface area contributed by atoms with Crippen molar-refractivity contribution < 1.29 is 19.1 Å². The first-order valence-electron chi connectivity index (χ1n) is 13.7. The molecule has 1 amide bonds. The second-order valence-corrected chi connectivity index (χ2v) is 9.55. The standard InChI is InChI=1S/C31H45NO4/c1-4-6-8-9-10-12-13-26-15-17-27(18-16-26)23-32(30(33)14-11-7-5-2)24-28-19-21-29(22-20-28)36-25-31(34)35-3/h15-22H,4-14,23-25H2,1-3H3. The second kappa shape index (κ2) is 17.6. The Hall–Kier alpha value is -2.82. The molecule has 0 aromatic heterocycles. The van der Waals surface area contributed by atoms with Crippen LogP contribution in [0, 0.1) is 0 Å². The smallest absolute Gasteiger partial charge is 0.343 e. The minimum Gasteiger partial charge on any atom is -0.482 e. The zero-order valence-corrected chi connectivity index (χ0v) is 22.6. The predicted molar refractivity (Wildman–Crippen MR) is 146 cm³/mol. The van der Waals surface area contributed by atoms with Crippen LogP contribution in [0.2, 0.25) is 0 Å². The Morgan fingerprint density at radius 2 is 1.22 bits per heavy atom. The topological polar surface area (TPSA) is 55.8 Å². The molecule has 0 saturated heterocycles. The van der Waals surface area contributed by atoms with Crippen LogP contribution in [0.3, 0.4) is 0 Å². The van der Waals surface area contributed by atoms with Crippen molar-refractivity contribution in [1.29, 1.82) is 0 Å². The van der Waals surface area contributed by atoms with Crippen LogP contribution in [0.25, 0.3) is 0 Å². The summed E-state index contributed by atoms with van der Waals surface area (Å²) < 4.78 is 10.0. The first-order chi connectivity index (χ1) is 17.5. The zero-order chi connectivity index (χ0) is 26.0. The van der Waals surface area contributed by atoms with E-state index in [4.69, 9.17) is 4.74 Å². The Bertz CT molecular complexity index is 876. The van der Waals surface area contributed by atoms with Gasteiger partial charge in [-0.05, 0) is 48.1 Å². The number of carbonyl (C=O) groups excluding carboxylic acids is 2. The number of rotatable bonds is 18. The quantitative estimate of drug-likeness (QED) is 0.161. The van der Waals surface area contributed by atoms with E-state index in [1.54, 1.807) is 0 Å². The van der Waals surface area contributed by atoms with Gasteiger partial charge >= 0.3 is 5.97 Å². The Balaban J connectivity index is 1.95. The number of nitrogens with zero attached hydrogens (tertiary/aromatic N) is 1. The highest BCUT2D eigenvalue weighted by Crippen LogP contribution is 2.18. The summed E-state index contributed by atoms with van der Waals surface area (Å²) in [5.74, 6) is 0.373. The van der Waals surface area contributed by atoms with Crippen molar-refractivity contribution in [1.82, 2.24) is 4.90 Å². The second-order valence-electron chi connectivity index (χ2n) is 9.55. The molecule has 2 aromatic carbocycles. The van der Waals surface area contributed by atoms with E-state index in [9.17, 15) is 9.59 Å². The van der Waals surface area contributed by atoms with Crippen molar-refractivity contribution in [3.63, 3.8) is 0 Å². The number of unbranched alkanes of at least 4 members (excludes halogenated alkanes) is 7. The predicted octanol–water partition coefficient (Wildman–Crippen LogP) is 7.25. The fourth-order valence-electron chi connectivity index (χ4n) is 4.17. The van der Waals surface area contributed by atoms with Gasteiger partial charge < -0.3 is 14.4 Å². The van der Waals surface area contributed by atoms with Crippen LogP contribution in [0.1, 0.15) is 94.7 Å². The molecule has 2 rings (SSSR count). The molecule has 5 nitrogen and oxygen atoms in total. The van der Waals surface area contributed by atoms with E-state index in [-0.39, 0.29) is 12.5 Å². The number of carbonyl (C=O) groups is 2. The van der Waals surface area contributed by atoms with E-state index < -0.39 is 5.97 Å². The van der Waals surface area contributed by atoms with E-state index in [1.165, 1.54) is 51.2 Å². The normalized spacial score (nSPS) is 10.8. The van der Waals surface area contributed by atoms with Crippen LogP contribution >= 0.6 is 0 Å². The molecule has 5 heteroatoms. The zero-order valence-electron chi connectivity index (χ0n) is 22.6. The van der Waals surface area contributed by atoms with Crippen molar-refractivity contribution in [3.05, 3.63) is 65.2 Å². The highest BCUT2D eigenvalue weighted by atomic mass is 16.6. The van der Waals surface area contributed by atoms with E-state index in [2.05, 4.69) is 42.8 Å². The Kier molecular flexibility index (Phi) is 14.4. The maximum atomic E-state index is 13.1. The molecule has 198 valence electrons. The van der Waals surface area contributed by atoms with Gasteiger partial charge in [-0.2, -0.15) is 0 Å². The van der Waals surface area contributed by atoms with Crippen LogP contribution in [0.15, 0.2) is 48.5 Å². The molecular weight excluding hydrogens is 450 g/mol. The molecule has 0 heterocycles. The number of hydrogen-bond acceptors (Lipinski definition) is 4. The maximum absolute atomic E-state index is 13.1. The van der Waals surface area contributed by atoms with Crippen molar-refractivity contribution >= 4 is 11.9 Å². The lowest BCUT2D eigenvalue weighted by Gasteiger charge is -2.23. The van der Waals surface area contributed by atoms with Crippen LogP contribution in [0.4, 0.5) is 0 Å². The van der Waals surface area contributed by atoms with Gasteiger partial charge in [-0.15, -0.1) is 0 Å². The van der Waals surface area contributed by atoms with Crippen molar-refractivity contribution in [2.24, 2.45) is 0 Å². The summed E-state index contributed by atoms with van der Waals surface area (Å²) in [6.45, 7) is 5.43. The van der Waals surface area contributed by atoms with Gasteiger partial charge in [-0.3, -0.25) is 4.79 Å². The van der Waals surface area contributed by atoms with Crippen molar-refractivity contribution in [2.45, 2.75) is 97.6 Å². The highest BCUT2D eigenvalue weighted by molar-refractivity contribution is 5.76. The minimum atomic E-state index is -0.416. The number of benzene rings is 2. The monoisotopic (exact) mass is 495 g/mol. The third-order valence-electron chi connectivity index (χ3n) is 6.44. The molecule has 0 bridgehead atoms. The molecule has 0 fully saturated rings. The van der Waals surface area contributed by atoms with Crippen LogP contribution < -0.4 is 4.74 Å². The Morgan fingerprint density at radius 3 is 1.83 bits per heavy atom. The fraction of sp³-hybridized carbons (Fsp3) is 0.548. The van der Waals surface area contributed by atoms with E-state index in [1.807, 2.05) is 29.2 Å². The van der Waals surface area contributed by atoms with Crippen molar-refractivity contribution in [2.75, 3.05) is 13.7 Å². The summed E-state index contributed by atoms with van der Waals surface area (Å²) in [4.78, 5) is 26.3. The molecule has 0 unspecified atom stereocenters. The molecule has 0 saturated carbocycles. The lowest BCUT2D eigenvalue weighted by atomic mass is 10.0. The molecule has 0 N–H and O–H groups in total. The Morgan fingerprint density at radius 1 is 0.694 bits per heavy atom. The highest BCUT2D eigenvalue weighted by Gasteiger charge is 2.15. The molecule has 36 heavy (non-hydrogen) atoms. The number of methoxy groups -OCH3 is 1. The molecular formula is C31H45NO4. The first kappa shape index (κ1) is 29.4. The summed E-state index contributed by atoms with van der Waals surface area (Å²) in [7, 11) is 1.34. The lowest BCUT2D eigenvalue weighted by molar-refractivity contribution is -0.143. The number of esters is 1. The van der Waals surface area contributed by atoms with Gasteiger partial charge in [0.15, 0.2) is 6.61 Å². The van der Waals surface area contributed by atoms with Gasteiger partial charge in [0.25, 0.3) is 0 Å². The summed E-state index contributed by atoms with van der Waals surface area (Å²) in [6.07, 6.45) is 12.6. The number of aryl methyl sites for hydroxylation is 1. The summed E-state index contributed by atoms with van der Waals surface area (Å²) in [5.41, 5.74) is 3.56. The summed E-state index contributed by atoms with van der Waals surface area (Å²) in [5, 5.41) is 0. The van der Waals surface area contributed by atoms with Crippen LogP contribution in [0.5, 0.6) is 5.75 Å². The van der Waals surface area contributed by atoms with Gasteiger partial charge in [-0.25, -0.2) is 4.79 Å². The van der Waals surface area contributed by atoms with Crippen LogP contribution in [-0.2, 0) is 33.8 Å². The molecule has 2 aromatic rings. The van der Waals surface area contributed by atoms with E-state index >= 15 is 0 Å². The molecule has 0 atom stereocenters. The minimum absolute atomic E-state index is 0.118. The largest absolute Gasteiger partial charge is 0.482 e. The molecule has 0 radical (unpaired) electrons. The van der Waals surface area contributed by atoms with E-state index in [0.29, 0.717) is 25.3 Å². The Labute approximate surface area is 218 Å². The maximum Gasteiger partial charge on any atom is 0.343 e. The molecule has 0 aliphatic carbocycles. The molecule has 0 spiro atoms. The van der Waals surface area contributed by atoms with Gasteiger partial charge in [0.2, 0.25) is 5.91 Å². The third kappa shape index (κ3) is 11.7. The fourth-order valence-corrected chi connectivity index (χ4v) is 4.17. The average molecular weight is 496 g/mol. The van der Waals surface area contributed by atoms with Gasteiger partial charge in [0.05, 0.1) is 7.11 Å². The first-order valence-corrected chi connectivity index (χ1v) is 13.7. The molecule has 0 aliphatic heterocycles. The van der Waals surface area contributed by atoms with E-state index in [0.717, 1.165) is 36.8 Å². The summed E-state index contributed by atoms with van der Waals surface area (Å²) >= 11 is 0. The van der Waals surface area contributed by atoms with Crippen LogP contribution in [-0.4, -0.2) is 30.5 Å². The number of amides is 1. The van der Waals surface area contributed by atoms with Gasteiger partial charge in [-0.1, -0.05) is 95.2 Å². The third-order valence-corrected chi connectivity index (χ3v) is 6.44. The lowest BCUT2D eigenvalue weighted by Crippen LogP contribution is -2.30. The number of ether oxygens (including phenoxy) is 2. The number of hydrogen-bond donors (Lipinski definition) is 0. The van der Waals surface area contributed by atoms with Gasteiger partial charge in [0.1, 0.15) is 5.75 Å². The van der Waals surface area contributed by atoms with Crippen molar-refractivity contribution in [3.8, 4) is 5.75 Å². The SMILES string of the molecule is CCCCCCCCc1ccc(CN(Cc2ccc(OCC(=O)OC)cc2)C(=O)CCCCC)cc1. The average Bonchev–Trinajstić information content (AvgIpc) is 2.90.